The zero-order chi connectivity index (χ0) is 18.0. The van der Waals surface area contributed by atoms with Gasteiger partial charge in [-0.3, -0.25) is 15.0 Å². The smallest absolute Gasteiger partial charge is 0.322 e. The second kappa shape index (κ2) is 6.34. The standard InChI is InChI=1S/C16H18N6O3/c1-3-16(2)14(24)22(15(25)17-16)19-13(23)10-21-9-12(18-20-21)11-7-5-4-6-8-11/h4-9H,3,10H2,1-2H3,(H,17,25)(H,19,23). The van der Waals surface area contributed by atoms with Crippen molar-refractivity contribution in [3.05, 3.63) is 36.5 Å². The largest absolute Gasteiger partial charge is 0.344 e. The van der Waals surface area contributed by atoms with Crippen molar-refractivity contribution in [3.8, 4) is 11.3 Å². The zero-order valence-electron chi connectivity index (χ0n) is 13.9. The van der Waals surface area contributed by atoms with Crippen molar-refractivity contribution < 1.29 is 14.4 Å². The second-order valence-corrected chi connectivity index (χ2v) is 5.96. The van der Waals surface area contributed by atoms with E-state index in [9.17, 15) is 14.4 Å². The van der Waals surface area contributed by atoms with Crippen molar-refractivity contribution in [1.82, 2.24) is 30.7 Å². The Morgan fingerprint density at radius 2 is 2.00 bits per heavy atom. The first-order valence-corrected chi connectivity index (χ1v) is 7.84. The number of rotatable bonds is 5. The van der Waals surface area contributed by atoms with E-state index in [0.717, 1.165) is 5.56 Å². The van der Waals surface area contributed by atoms with Gasteiger partial charge in [-0.1, -0.05) is 42.5 Å². The average Bonchev–Trinajstić information content (AvgIpc) is 3.15. The van der Waals surface area contributed by atoms with E-state index in [1.165, 1.54) is 4.68 Å². The number of aromatic nitrogens is 3. The van der Waals surface area contributed by atoms with Crippen molar-refractivity contribution in [2.24, 2.45) is 0 Å². The number of carbonyl (C=O) groups excluding carboxylic acids is 3. The van der Waals surface area contributed by atoms with Crippen molar-refractivity contribution in [1.29, 1.82) is 0 Å². The molecular formula is C16H18N6O3. The topological polar surface area (TPSA) is 109 Å². The molecule has 1 aliphatic heterocycles. The maximum Gasteiger partial charge on any atom is 0.344 e. The summed E-state index contributed by atoms with van der Waals surface area (Å²) in [7, 11) is 0. The normalized spacial score (nSPS) is 19.8. The van der Waals surface area contributed by atoms with E-state index < -0.39 is 23.4 Å². The van der Waals surface area contributed by atoms with Gasteiger partial charge < -0.3 is 5.32 Å². The van der Waals surface area contributed by atoms with E-state index in [-0.39, 0.29) is 6.54 Å². The second-order valence-electron chi connectivity index (χ2n) is 5.96. The molecule has 2 heterocycles. The van der Waals surface area contributed by atoms with E-state index in [0.29, 0.717) is 17.1 Å². The van der Waals surface area contributed by atoms with Crippen LogP contribution in [0, 0.1) is 0 Å². The van der Waals surface area contributed by atoms with Crippen molar-refractivity contribution in [2.75, 3.05) is 0 Å². The molecule has 3 rings (SSSR count). The van der Waals surface area contributed by atoms with Gasteiger partial charge >= 0.3 is 6.03 Å². The molecule has 1 saturated heterocycles. The lowest BCUT2D eigenvalue weighted by Crippen LogP contribution is -2.49. The molecule has 9 nitrogen and oxygen atoms in total. The van der Waals surface area contributed by atoms with Crippen LogP contribution in [0.15, 0.2) is 36.5 Å². The maximum atomic E-state index is 12.2. The molecule has 0 saturated carbocycles. The van der Waals surface area contributed by atoms with Crippen LogP contribution in [0.25, 0.3) is 11.3 Å². The Hall–Kier alpha value is -3.23. The lowest BCUT2D eigenvalue weighted by molar-refractivity contribution is -0.139. The highest BCUT2D eigenvalue weighted by molar-refractivity contribution is 6.07. The first kappa shape index (κ1) is 16.6. The Morgan fingerprint density at radius 3 is 2.64 bits per heavy atom. The SMILES string of the molecule is CCC1(C)NC(=O)N(NC(=O)Cn2cc(-c3ccccc3)nn2)C1=O. The summed E-state index contributed by atoms with van der Waals surface area (Å²) in [5.74, 6) is -1.04. The summed E-state index contributed by atoms with van der Waals surface area (Å²) >= 11 is 0. The fourth-order valence-corrected chi connectivity index (χ4v) is 2.45. The van der Waals surface area contributed by atoms with Gasteiger partial charge in [-0.2, -0.15) is 5.01 Å². The fraction of sp³-hybridized carbons (Fsp3) is 0.312. The van der Waals surface area contributed by atoms with Gasteiger partial charge in [0.25, 0.3) is 11.8 Å². The van der Waals surface area contributed by atoms with Crippen LogP contribution in [-0.4, -0.2) is 43.4 Å². The van der Waals surface area contributed by atoms with Gasteiger partial charge in [0.15, 0.2) is 0 Å². The molecule has 2 N–H and O–H groups in total. The molecule has 1 atom stereocenters. The summed E-state index contributed by atoms with van der Waals surface area (Å²) in [6.07, 6.45) is 2.05. The summed E-state index contributed by atoms with van der Waals surface area (Å²) in [6, 6.07) is 8.77. The highest BCUT2D eigenvalue weighted by atomic mass is 16.2. The van der Waals surface area contributed by atoms with Crippen LogP contribution in [0.3, 0.4) is 0 Å². The molecule has 0 spiro atoms. The molecule has 1 aromatic heterocycles. The highest BCUT2D eigenvalue weighted by Gasteiger charge is 2.47. The van der Waals surface area contributed by atoms with Gasteiger partial charge in [0.1, 0.15) is 17.8 Å². The Bertz CT molecular complexity index is 818. The molecule has 130 valence electrons. The third kappa shape index (κ3) is 3.21. The fourth-order valence-electron chi connectivity index (χ4n) is 2.45. The number of hydrogen-bond acceptors (Lipinski definition) is 5. The molecule has 0 bridgehead atoms. The molecular weight excluding hydrogens is 324 g/mol. The summed E-state index contributed by atoms with van der Waals surface area (Å²) in [4.78, 5) is 36.3. The molecule has 25 heavy (non-hydrogen) atoms. The average molecular weight is 342 g/mol. The Kier molecular flexibility index (Phi) is 4.22. The third-order valence-corrected chi connectivity index (χ3v) is 4.12. The van der Waals surface area contributed by atoms with Gasteiger partial charge in [0.2, 0.25) is 0 Å². The van der Waals surface area contributed by atoms with Crippen LogP contribution in [0.4, 0.5) is 4.79 Å². The Labute approximate surface area is 144 Å². The van der Waals surface area contributed by atoms with Crippen LogP contribution >= 0.6 is 0 Å². The lowest BCUT2D eigenvalue weighted by atomic mass is 10.00. The van der Waals surface area contributed by atoms with Crippen LogP contribution in [0.2, 0.25) is 0 Å². The number of benzene rings is 1. The van der Waals surface area contributed by atoms with E-state index in [4.69, 9.17) is 0 Å². The molecule has 1 fully saturated rings. The highest BCUT2D eigenvalue weighted by Crippen LogP contribution is 2.19. The summed E-state index contributed by atoms with van der Waals surface area (Å²) in [6.45, 7) is 3.23. The molecule has 1 unspecified atom stereocenters. The zero-order valence-corrected chi connectivity index (χ0v) is 13.9. The number of nitrogens with one attached hydrogen (secondary N) is 2. The van der Waals surface area contributed by atoms with Crippen molar-refractivity contribution in [2.45, 2.75) is 32.4 Å². The molecule has 0 aliphatic carbocycles. The summed E-state index contributed by atoms with van der Waals surface area (Å²) < 4.78 is 1.34. The number of amides is 4. The Balaban J connectivity index is 1.65. The summed E-state index contributed by atoms with van der Waals surface area (Å²) in [5, 5.41) is 11.2. The van der Waals surface area contributed by atoms with E-state index in [1.54, 1.807) is 20.0 Å². The van der Waals surface area contributed by atoms with Gasteiger partial charge in [-0.05, 0) is 13.3 Å². The van der Waals surface area contributed by atoms with Crippen molar-refractivity contribution >= 4 is 17.8 Å². The quantitative estimate of drug-likeness (QED) is 0.777. The first-order chi connectivity index (χ1) is 11.9. The van der Waals surface area contributed by atoms with E-state index >= 15 is 0 Å². The minimum atomic E-state index is -1.00. The molecule has 2 aromatic rings. The minimum absolute atomic E-state index is 0.167. The Morgan fingerprint density at radius 1 is 1.28 bits per heavy atom. The third-order valence-electron chi connectivity index (χ3n) is 4.12. The maximum absolute atomic E-state index is 12.2. The van der Waals surface area contributed by atoms with Crippen LogP contribution < -0.4 is 10.7 Å². The first-order valence-electron chi connectivity index (χ1n) is 7.84. The number of carbonyl (C=O) groups is 3. The molecule has 9 heteroatoms. The number of urea groups is 1. The number of hydrogen-bond donors (Lipinski definition) is 2. The van der Waals surface area contributed by atoms with Crippen LogP contribution in [-0.2, 0) is 16.1 Å². The van der Waals surface area contributed by atoms with Crippen molar-refractivity contribution in [3.63, 3.8) is 0 Å². The monoisotopic (exact) mass is 342 g/mol. The molecule has 1 aliphatic rings. The van der Waals surface area contributed by atoms with Gasteiger partial charge in [0, 0.05) is 5.56 Å². The molecule has 4 amide bonds. The van der Waals surface area contributed by atoms with Gasteiger partial charge in [0.05, 0.1) is 6.20 Å². The van der Waals surface area contributed by atoms with Crippen LogP contribution in [0.1, 0.15) is 20.3 Å². The molecule has 0 radical (unpaired) electrons. The van der Waals surface area contributed by atoms with Gasteiger partial charge in [-0.25, -0.2) is 9.48 Å². The predicted octanol–water partition coefficient (Wildman–Crippen LogP) is 0.697. The van der Waals surface area contributed by atoms with Crippen LogP contribution in [0.5, 0.6) is 0 Å². The minimum Gasteiger partial charge on any atom is -0.322 e. The lowest BCUT2D eigenvalue weighted by Gasteiger charge is -2.19. The van der Waals surface area contributed by atoms with E-state index in [1.807, 2.05) is 30.3 Å². The number of imide groups is 1. The number of hydrazine groups is 1. The predicted molar refractivity (Wildman–Crippen MR) is 87.7 cm³/mol. The summed E-state index contributed by atoms with van der Waals surface area (Å²) in [5.41, 5.74) is 2.81. The van der Waals surface area contributed by atoms with E-state index in [2.05, 4.69) is 21.1 Å². The number of nitrogens with zero attached hydrogens (tertiary/aromatic N) is 4. The molecule has 1 aromatic carbocycles. The van der Waals surface area contributed by atoms with Gasteiger partial charge in [-0.15, -0.1) is 5.10 Å².